The molecule has 31 heavy (non-hydrogen) atoms. The minimum Gasteiger partial charge on any atom is -0.298 e. The Bertz CT molecular complexity index is 1140. The summed E-state index contributed by atoms with van der Waals surface area (Å²) in [5, 5.41) is 0. The van der Waals surface area contributed by atoms with Crippen molar-refractivity contribution < 1.29 is 13.2 Å². The number of hydrogen-bond donors (Lipinski definition) is 0. The van der Waals surface area contributed by atoms with Crippen molar-refractivity contribution in [1.29, 1.82) is 0 Å². The molecule has 4 rings (SSSR count). The van der Waals surface area contributed by atoms with Crippen LogP contribution in [0, 0.1) is 6.92 Å². The second kappa shape index (κ2) is 8.19. The van der Waals surface area contributed by atoms with Gasteiger partial charge in [0.2, 0.25) is 5.95 Å². The van der Waals surface area contributed by atoms with E-state index < -0.39 is 11.7 Å². The standard InChI is InChI=1S/C23H23F3N4O/c1-3-20-16(2)27-22-29(19-11-7-10-18(12-19)23(24,25)26)14-28(15-30(22)21(20)31)13-17-8-5-4-6-9-17/h4-12H,3,13-15H2,1-2H3. The van der Waals surface area contributed by atoms with Crippen molar-refractivity contribution in [2.45, 2.75) is 39.7 Å². The number of aromatic nitrogens is 2. The summed E-state index contributed by atoms with van der Waals surface area (Å²) in [5.41, 5.74) is 1.73. The molecule has 0 N–H and O–H groups in total. The largest absolute Gasteiger partial charge is 0.416 e. The lowest BCUT2D eigenvalue weighted by Crippen LogP contribution is -2.47. The third-order valence-corrected chi connectivity index (χ3v) is 5.46. The summed E-state index contributed by atoms with van der Waals surface area (Å²) in [7, 11) is 0. The molecule has 0 fully saturated rings. The Kier molecular flexibility index (Phi) is 5.58. The Balaban J connectivity index is 1.81. The second-order valence-electron chi connectivity index (χ2n) is 7.64. The van der Waals surface area contributed by atoms with Gasteiger partial charge in [0.05, 0.1) is 18.9 Å². The van der Waals surface area contributed by atoms with Crippen molar-refractivity contribution in [2.75, 3.05) is 11.6 Å². The van der Waals surface area contributed by atoms with Crippen LogP contribution in [-0.4, -0.2) is 21.1 Å². The zero-order valence-electron chi connectivity index (χ0n) is 17.4. The van der Waals surface area contributed by atoms with E-state index in [9.17, 15) is 18.0 Å². The van der Waals surface area contributed by atoms with Crippen LogP contribution in [0.25, 0.3) is 0 Å². The first-order valence-corrected chi connectivity index (χ1v) is 10.1. The van der Waals surface area contributed by atoms with Crippen LogP contribution in [0.2, 0.25) is 0 Å². The van der Waals surface area contributed by atoms with E-state index in [1.807, 2.05) is 42.2 Å². The maximum absolute atomic E-state index is 13.3. The fourth-order valence-electron chi connectivity index (χ4n) is 3.92. The third-order valence-electron chi connectivity index (χ3n) is 5.46. The molecule has 162 valence electrons. The molecule has 0 bridgehead atoms. The minimum atomic E-state index is -4.45. The molecule has 1 aromatic heterocycles. The van der Waals surface area contributed by atoms with Gasteiger partial charge < -0.3 is 0 Å². The van der Waals surface area contributed by atoms with Gasteiger partial charge in [-0.15, -0.1) is 0 Å². The molecule has 0 amide bonds. The van der Waals surface area contributed by atoms with E-state index in [2.05, 4.69) is 4.98 Å². The third kappa shape index (κ3) is 4.20. The molecule has 1 aliphatic rings. The van der Waals surface area contributed by atoms with Crippen LogP contribution >= 0.6 is 0 Å². The Morgan fingerprint density at radius 2 is 1.77 bits per heavy atom. The van der Waals surface area contributed by atoms with Crippen LogP contribution in [0.15, 0.2) is 59.4 Å². The fraction of sp³-hybridized carbons (Fsp3) is 0.304. The van der Waals surface area contributed by atoms with E-state index in [1.54, 1.807) is 22.5 Å². The Morgan fingerprint density at radius 1 is 1.03 bits per heavy atom. The first-order chi connectivity index (χ1) is 14.8. The van der Waals surface area contributed by atoms with Gasteiger partial charge in [-0.05, 0) is 37.1 Å². The summed E-state index contributed by atoms with van der Waals surface area (Å²) in [5.74, 6) is 0.364. The van der Waals surface area contributed by atoms with Gasteiger partial charge in [0, 0.05) is 23.5 Å². The molecule has 0 atom stereocenters. The summed E-state index contributed by atoms with van der Waals surface area (Å²) in [6.07, 6.45) is -3.91. The highest BCUT2D eigenvalue weighted by Crippen LogP contribution is 2.34. The predicted octanol–water partition coefficient (Wildman–Crippen LogP) is 4.70. The minimum absolute atomic E-state index is 0.153. The molecular weight excluding hydrogens is 405 g/mol. The molecule has 5 nitrogen and oxygen atoms in total. The van der Waals surface area contributed by atoms with Crippen LogP contribution in [0.5, 0.6) is 0 Å². The van der Waals surface area contributed by atoms with Gasteiger partial charge in [0.15, 0.2) is 0 Å². The summed E-state index contributed by atoms with van der Waals surface area (Å²) in [4.78, 5) is 21.5. The van der Waals surface area contributed by atoms with Crippen LogP contribution in [0.1, 0.15) is 29.3 Å². The highest BCUT2D eigenvalue weighted by atomic mass is 19.4. The van der Waals surface area contributed by atoms with E-state index in [0.29, 0.717) is 49.2 Å². The number of nitrogens with zero attached hydrogens (tertiary/aromatic N) is 4. The monoisotopic (exact) mass is 428 g/mol. The number of benzene rings is 2. The van der Waals surface area contributed by atoms with E-state index in [-0.39, 0.29) is 5.56 Å². The van der Waals surface area contributed by atoms with Gasteiger partial charge in [-0.3, -0.25) is 19.2 Å². The smallest absolute Gasteiger partial charge is 0.298 e. The maximum atomic E-state index is 13.3. The molecule has 2 aromatic carbocycles. The Morgan fingerprint density at radius 3 is 2.45 bits per heavy atom. The number of aryl methyl sites for hydroxylation is 1. The first-order valence-electron chi connectivity index (χ1n) is 10.1. The normalized spacial score (nSPS) is 14.5. The Labute approximate surface area is 178 Å². The van der Waals surface area contributed by atoms with E-state index in [4.69, 9.17) is 0 Å². The highest BCUT2D eigenvalue weighted by molar-refractivity contribution is 5.59. The molecule has 3 aromatic rings. The number of halogens is 3. The number of alkyl halides is 3. The van der Waals surface area contributed by atoms with Gasteiger partial charge in [0.1, 0.15) is 0 Å². The van der Waals surface area contributed by atoms with E-state index in [1.165, 1.54) is 6.07 Å². The SMILES string of the molecule is CCc1c(C)nc2n(c1=O)CN(Cc1ccccc1)CN2c1cccc(C(F)(F)F)c1. The average Bonchev–Trinajstić information content (AvgIpc) is 2.74. The second-order valence-corrected chi connectivity index (χ2v) is 7.64. The van der Waals surface area contributed by atoms with Crippen molar-refractivity contribution in [3.63, 3.8) is 0 Å². The predicted molar refractivity (Wildman–Crippen MR) is 113 cm³/mol. The number of anilines is 2. The topological polar surface area (TPSA) is 41.4 Å². The summed E-state index contributed by atoms with van der Waals surface area (Å²) < 4.78 is 41.5. The lowest BCUT2D eigenvalue weighted by Gasteiger charge is -2.38. The van der Waals surface area contributed by atoms with Crippen LogP contribution < -0.4 is 10.5 Å². The highest BCUT2D eigenvalue weighted by Gasteiger charge is 2.33. The van der Waals surface area contributed by atoms with Crippen molar-refractivity contribution in [2.24, 2.45) is 0 Å². The van der Waals surface area contributed by atoms with Gasteiger partial charge in [-0.1, -0.05) is 43.3 Å². The van der Waals surface area contributed by atoms with Crippen LogP contribution in [0.4, 0.5) is 24.8 Å². The lowest BCUT2D eigenvalue weighted by atomic mass is 10.1. The average molecular weight is 428 g/mol. The molecular formula is C23H23F3N4O. The van der Waals surface area contributed by atoms with E-state index in [0.717, 1.165) is 17.7 Å². The quantitative estimate of drug-likeness (QED) is 0.604. The Hall–Kier alpha value is -3.13. The van der Waals surface area contributed by atoms with Crippen LogP contribution in [0.3, 0.4) is 0 Å². The number of rotatable bonds is 4. The summed E-state index contributed by atoms with van der Waals surface area (Å²) >= 11 is 0. The molecule has 8 heteroatoms. The molecule has 0 unspecified atom stereocenters. The fourth-order valence-corrected chi connectivity index (χ4v) is 3.92. The zero-order valence-corrected chi connectivity index (χ0v) is 17.4. The van der Waals surface area contributed by atoms with Crippen molar-refractivity contribution in [3.05, 3.63) is 87.3 Å². The van der Waals surface area contributed by atoms with Gasteiger partial charge in [-0.25, -0.2) is 4.98 Å². The van der Waals surface area contributed by atoms with Gasteiger partial charge in [0.25, 0.3) is 5.56 Å². The van der Waals surface area contributed by atoms with E-state index >= 15 is 0 Å². The molecule has 2 heterocycles. The van der Waals surface area contributed by atoms with Crippen LogP contribution in [-0.2, 0) is 25.8 Å². The van der Waals surface area contributed by atoms with Gasteiger partial charge >= 0.3 is 6.18 Å². The molecule has 1 aliphatic heterocycles. The van der Waals surface area contributed by atoms with Crippen molar-refractivity contribution in [3.8, 4) is 0 Å². The molecule has 0 saturated carbocycles. The maximum Gasteiger partial charge on any atom is 0.416 e. The molecule has 0 spiro atoms. The van der Waals surface area contributed by atoms with Gasteiger partial charge in [-0.2, -0.15) is 13.2 Å². The molecule has 0 aliphatic carbocycles. The zero-order chi connectivity index (χ0) is 22.2. The number of fused-ring (bicyclic) bond motifs is 1. The summed E-state index contributed by atoms with van der Waals surface area (Å²) in [6.45, 7) is 4.85. The van der Waals surface area contributed by atoms with Crippen molar-refractivity contribution in [1.82, 2.24) is 14.5 Å². The molecule has 0 saturated heterocycles. The summed E-state index contributed by atoms with van der Waals surface area (Å²) in [6, 6.07) is 14.9. The van der Waals surface area contributed by atoms with Crippen molar-refractivity contribution >= 4 is 11.6 Å². The molecule has 0 radical (unpaired) electrons. The lowest BCUT2D eigenvalue weighted by molar-refractivity contribution is -0.137. The number of hydrogen-bond acceptors (Lipinski definition) is 4. The first kappa shape index (κ1) is 21.1.